The lowest BCUT2D eigenvalue weighted by atomic mass is 9.94. The van der Waals surface area contributed by atoms with Crippen LogP contribution in [0, 0.1) is 5.41 Å². The highest BCUT2D eigenvalue weighted by atomic mass is 35.5. The molecule has 3 aromatic carbocycles. The van der Waals surface area contributed by atoms with Crippen molar-refractivity contribution in [1.82, 2.24) is 5.32 Å². The van der Waals surface area contributed by atoms with Crippen molar-refractivity contribution in [2.75, 3.05) is 44.9 Å². The van der Waals surface area contributed by atoms with E-state index in [1.54, 1.807) is 25.0 Å². The van der Waals surface area contributed by atoms with E-state index in [2.05, 4.69) is 50.4 Å². The molecule has 2 unspecified atom stereocenters. The van der Waals surface area contributed by atoms with Crippen LogP contribution >= 0.6 is 11.6 Å². The summed E-state index contributed by atoms with van der Waals surface area (Å²) in [6.45, 7) is 10.8. The number of esters is 1. The van der Waals surface area contributed by atoms with Crippen molar-refractivity contribution < 1.29 is 28.5 Å². The Bertz CT molecular complexity index is 1440. The number of anilines is 1. The van der Waals surface area contributed by atoms with Crippen LogP contribution in [0.25, 0.3) is 0 Å². The normalized spacial score (nSPS) is 16.5. The van der Waals surface area contributed by atoms with Crippen molar-refractivity contribution in [3.63, 3.8) is 0 Å². The van der Waals surface area contributed by atoms with E-state index in [0.29, 0.717) is 46.5 Å². The summed E-state index contributed by atoms with van der Waals surface area (Å²) in [6, 6.07) is 21.5. The summed E-state index contributed by atoms with van der Waals surface area (Å²) in [5, 5.41) is 3.99. The van der Waals surface area contributed by atoms with Crippen LogP contribution in [0.15, 0.2) is 66.7 Å². The van der Waals surface area contributed by atoms with Gasteiger partial charge in [0.25, 0.3) is 5.91 Å². The summed E-state index contributed by atoms with van der Waals surface area (Å²) in [5.41, 5.74) is 3.16. The van der Waals surface area contributed by atoms with Gasteiger partial charge in [-0.1, -0.05) is 74.8 Å². The van der Waals surface area contributed by atoms with Crippen molar-refractivity contribution in [2.45, 2.75) is 65.6 Å². The van der Waals surface area contributed by atoms with E-state index in [-0.39, 0.29) is 24.3 Å². The lowest BCUT2D eigenvalue weighted by Crippen LogP contribution is -2.44. The number of hydrogen-bond donors (Lipinski definition) is 1. The van der Waals surface area contributed by atoms with Crippen LogP contribution in [0.5, 0.6) is 11.5 Å². The van der Waals surface area contributed by atoms with Crippen molar-refractivity contribution in [2.24, 2.45) is 5.41 Å². The topological polar surface area (TPSA) is 86.3 Å². The molecule has 0 radical (unpaired) electrons. The zero-order valence-corrected chi connectivity index (χ0v) is 28.4. The molecule has 4 rings (SSSR count). The van der Waals surface area contributed by atoms with Gasteiger partial charge in [-0.3, -0.25) is 9.59 Å². The molecule has 1 aliphatic heterocycles. The van der Waals surface area contributed by atoms with Gasteiger partial charge in [0.05, 0.1) is 26.7 Å². The van der Waals surface area contributed by atoms with Crippen LogP contribution in [0.4, 0.5) is 5.69 Å². The molecule has 0 aliphatic carbocycles. The average Bonchev–Trinajstić information content (AvgIpc) is 3.12. The fraction of sp³-hybridized carbons (Fsp3) is 0.459. The molecule has 3 aromatic rings. The number of halogens is 1. The van der Waals surface area contributed by atoms with Crippen LogP contribution in [0.2, 0.25) is 5.02 Å². The molecule has 0 bridgehead atoms. The second-order valence-corrected chi connectivity index (χ2v) is 13.1. The Morgan fingerprint density at radius 1 is 1.00 bits per heavy atom. The zero-order chi connectivity index (χ0) is 33.1. The van der Waals surface area contributed by atoms with Crippen molar-refractivity contribution in [3.05, 3.63) is 88.4 Å². The number of hydrogen-bond acceptors (Lipinski definition) is 7. The molecule has 8 nitrogen and oxygen atoms in total. The van der Waals surface area contributed by atoms with Gasteiger partial charge in [-0.05, 0) is 74.5 Å². The monoisotopic (exact) mass is 650 g/mol. The molecular formula is C37H47ClN2O6. The number of para-hydroxylation sites is 1. The van der Waals surface area contributed by atoms with E-state index < -0.39 is 18.2 Å². The maximum atomic E-state index is 14.0. The minimum atomic E-state index is -1.08. The molecule has 0 fully saturated rings. The fourth-order valence-corrected chi connectivity index (χ4v) is 5.77. The second kappa shape index (κ2) is 16.8. The minimum Gasteiger partial charge on any atom is -0.492 e. The van der Waals surface area contributed by atoms with E-state index in [9.17, 15) is 9.59 Å². The number of fused-ring (bicyclic) bond motifs is 1. The molecule has 46 heavy (non-hydrogen) atoms. The third kappa shape index (κ3) is 9.71. The number of rotatable bonds is 15. The van der Waals surface area contributed by atoms with Crippen LogP contribution in [0.3, 0.4) is 0 Å². The predicted molar refractivity (Wildman–Crippen MR) is 182 cm³/mol. The summed E-state index contributed by atoms with van der Waals surface area (Å²) in [6.07, 6.45) is 0.857. The van der Waals surface area contributed by atoms with E-state index in [1.807, 2.05) is 36.4 Å². The van der Waals surface area contributed by atoms with Gasteiger partial charge < -0.3 is 29.2 Å². The maximum absolute atomic E-state index is 14.0. The number of nitrogens with zero attached hydrogens (tertiary/aromatic N) is 1. The molecule has 0 spiro atoms. The lowest BCUT2D eigenvalue weighted by Gasteiger charge is -2.31. The molecule has 1 amide bonds. The second-order valence-electron chi connectivity index (χ2n) is 12.6. The third-order valence-electron chi connectivity index (χ3n) is 7.61. The van der Waals surface area contributed by atoms with E-state index >= 15 is 0 Å². The number of methoxy groups -OCH3 is 1. The van der Waals surface area contributed by atoms with E-state index in [0.717, 1.165) is 32.4 Å². The summed E-state index contributed by atoms with van der Waals surface area (Å²) < 4.78 is 23.9. The van der Waals surface area contributed by atoms with Crippen LogP contribution in [-0.2, 0) is 25.5 Å². The SMILES string of the molecule is CCOC(=O)CC1OC(c2cccc(OCCCNCCCc3ccccc3)c2OC)c2cc(Cl)ccc2N(CC(C)(C)C)C1=O. The molecule has 0 aromatic heterocycles. The molecule has 1 aliphatic rings. The first-order valence-corrected chi connectivity index (χ1v) is 16.4. The largest absolute Gasteiger partial charge is 0.492 e. The number of aryl methyl sites for hydroxylation is 1. The Hall–Kier alpha value is -3.59. The molecule has 0 saturated heterocycles. The zero-order valence-electron chi connectivity index (χ0n) is 27.6. The predicted octanol–water partition coefficient (Wildman–Crippen LogP) is 7.16. The summed E-state index contributed by atoms with van der Waals surface area (Å²) in [4.78, 5) is 28.4. The molecule has 0 saturated carbocycles. The Kier molecular flexibility index (Phi) is 12.9. The highest BCUT2D eigenvalue weighted by Crippen LogP contribution is 2.45. The first-order valence-electron chi connectivity index (χ1n) is 16.1. The first-order chi connectivity index (χ1) is 22.1. The fourth-order valence-electron chi connectivity index (χ4n) is 5.59. The van der Waals surface area contributed by atoms with Gasteiger partial charge in [0, 0.05) is 28.4 Å². The van der Waals surface area contributed by atoms with Gasteiger partial charge in [0.15, 0.2) is 11.5 Å². The Morgan fingerprint density at radius 2 is 1.76 bits per heavy atom. The lowest BCUT2D eigenvalue weighted by molar-refractivity contribution is -0.151. The highest BCUT2D eigenvalue weighted by Gasteiger charge is 2.40. The van der Waals surface area contributed by atoms with E-state index in [4.69, 9.17) is 30.5 Å². The number of carbonyl (C=O) groups is 2. The Labute approximate surface area is 278 Å². The summed E-state index contributed by atoms with van der Waals surface area (Å²) >= 11 is 6.53. The van der Waals surface area contributed by atoms with Crippen molar-refractivity contribution in [3.8, 4) is 11.5 Å². The summed E-state index contributed by atoms with van der Waals surface area (Å²) in [5.74, 6) is 0.259. The van der Waals surface area contributed by atoms with Gasteiger partial charge in [0.2, 0.25) is 0 Å². The van der Waals surface area contributed by atoms with Crippen LogP contribution in [-0.4, -0.2) is 57.9 Å². The minimum absolute atomic E-state index is 0.209. The van der Waals surface area contributed by atoms with Gasteiger partial charge in [0.1, 0.15) is 12.2 Å². The van der Waals surface area contributed by atoms with Crippen LogP contribution < -0.4 is 19.7 Å². The first kappa shape index (κ1) is 35.3. The summed E-state index contributed by atoms with van der Waals surface area (Å²) in [7, 11) is 1.59. The number of nitrogens with one attached hydrogen (secondary N) is 1. The molecule has 1 heterocycles. The quantitative estimate of drug-likeness (QED) is 0.138. The van der Waals surface area contributed by atoms with Crippen molar-refractivity contribution in [1.29, 1.82) is 0 Å². The third-order valence-corrected chi connectivity index (χ3v) is 7.84. The van der Waals surface area contributed by atoms with Gasteiger partial charge in [-0.2, -0.15) is 0 Å². The average molecular weight is 651 g/mol. The van der Waals surface area contributed by atoms with Gasteiger partial charge >= 0.3 is 5.97 Å². The molecule has 9 heteroatoms. The standard InChI is InChI=1S/C37H47ClN2O6/c1-6-44-33(41)24-32-36(42)40(25-37(2,3)4)30-19-18-27(38)23-29(30)34(46-32)28-16-10-17-31(35(28)43-5)45-22-12-21-39-20-11-15-26-13-8-7-9-14-26/h7-10,13-14,16-19,23,32,34,39H,6,11-12,15,20-22,24-25H2,1-5H3. The number of amides is 1. The molecule has 1 N–H and O–H groups in total. The van der Waals surface area contributed by atoms with Gasteiger partial charge in [-0.15, -0.1) is 0 Å². The number of ether oxygens (including phenoxy) is 4. The molecule has 2 atom stereocenters. The maximum Gasteiger partial charge on any atom is 0.308 e. The number of benzene rings is 3. The van der Waals surface area contributed by atoms with E-state index in [1.165, 1.54) is 5.56 Å². The Balaban J connectivity index is 1.54. The number of carbonyl (C=O) groups excluding carboxylic acids is 2. The molecular weight excluding hydrogens is 604 g/mol. The van der Waals surface area contributed by atoms with Gasteiger partial charge in [-0.25, -0.2) is 0 Å². The Morgan fingerprint density at radius 3 is 2.48 bits per heavy atom. The molecule has 248 valence electrons. The highest BCUT2D eigenvalue weighted by molar-refractivity contribution is 6.30. The van der Waals surface area contributed by atoms with Crippen LogP contribution in [0.1, 0.15) is 69.8 Å². The van der Waals surface area contributed by atoms with Crippen molar-refractivity contribution >= 4 is 29.2 Å². The smallest absolute Gasteiger partial charge is 0.308 e.